The first kappa shape index (κ1) is 13.0. The monoisotopic (exact) mass is 282 g/mol. The van der Waals surface area contributed by atoms with Gasteiger partial charge in [-0.2, -0.15) is 0 Å². The number of nitrogens with zero attached hydrogens (tertiary/aromatic N) is 2. The van der Waals surface area contributed by atoms with Crippen molar-refractivity contribution in [3.63, 3.8) is 0 Å². The zero-order chi connectivity index (χ0) is 14.0. The maximum absolute atomic E-state index is 11.6. The molecule has 19 heavy (non-hydrogen) atoms. The number of nitro groups is 1. The van der Waals surface area contributed by atoms with Crippen molar-refractivity contribution in [1.29, 1.82) is 0 Å². The fourth-order valence-corrected chi connectivity index (χ4v) is 1.74. The van der Waals surface area contributed by atoms with Crippen LogP contribution in [0.4, 0.5) is 5.82 Å². The van der Waals surface area contributed by atoms with Crippen LogP contribution in [-0.4, -0.2) is 23.2 Å². The summed E-state index contributed by atoms with van der Waals surface area (Å²) in [5.41, 5.74) is -0.0363. The number of carbonyl (C=O) groups is 1. The molecule has 0 aliphatic heterocycles. The van der Waals surface area contributed by atoms with E-state index in [1.165, 1.54) is 0 Å². The summed E-state index contributed by atoms with van der Waals surface area (Å²) in [6.45, 7) is 0. The minimum atomic E-state index is -0.914. The van der Waals surface area contributed by atoms with Crippen molar-refractivity contribution in [3.8, 4) is 11.3 Å². The lowest BCUT2D eigenvalue weighted by atomic mass is 10.1. The molecule has 1 aromatic heterocycles. The zero-order valence-electron chi connectivity index (χ0n) is 9.62. The molecule has 2 aromatic rings. The number of rotatable bonds is 3. The summed E-state index contributed by atoms with van der Waals surface area (Å²) < 4.78 is 9.37. The Morgan fingerprint density at radius 2 is 2.16 bits per heavy atom. The van der Waals surface area contributed by atoms with Gasteiger partial charge in [-0.3, -0.25) is 4.52 Å². The molecule has 8 heteroatoms. The van der Waals surface area contributed by atoms with Gasteiger partial charge in [0.05, 0.1) is 12.1 Å². The van der Waals surface area contributed by atoms with Crippen molar-refractivity contribution < 1.29 is 19.0 Å². The van der Waals surface area contributed by atoms with E-state index in [9.17, 15) is 14.9 Å². The van der Waals surface area contributed by atoms with Crippen molar-refractivity contribution in [2.75, 3.05) is 7.11 Å². The predicted molar refractivity (Wildman–Crippen MR) is 64.9 cm³/mol. The summed E-state index contributed by atoms with van der Waals surface area (Å²) in [5, 5.41) is 14.4. The molecular formula is C11H7ClN2O5. The van der Waals surface area contributed by atoms with Crippen LogP contribution >= 0.6 is 11.6 Å². The molecule has 0 fully saturated rings. The summed E-state index contributed by atoms with van der Waals surface area (Å²) in [4.78, 5) is 21.6. The maximum Gasteiger partial charge on any atom is 0.428 e. The highest BCUT2D eigenvalue weighted by Crippen LogP contribution is 2.34. The van der Waals surface area contributed by atoms with Crippen molar-refractivity contribution in [3.05, 3.63) is 45.0 Å². The first-order chi connectivity index (χ1) is 9.06. The molecule has 0 saturated heterocycles. The van der Waals surface area contributed by atoms with Crippen molar-refractivity contribution in [2.24, 2.45) is 0 Å². The van der Waals surface area contributed by atoms with Crippen LogP contribution in [0.15, 0.2) is 28.8 Å². The van der Waals surface area contributed by atoms with Crippen molar-refractivity contribution in [2.45, 2.75) is 0 Å². The molecule has 0 aliphatic carbocycles. The first-order valence-corrected chi connectivity index (χ1v) is 5.41. The summed E-state index contributed by atoms with van der Waals surface area (Å²) in [6.07, 6.45) is 0. The van der Waals surface area contributed by atoms with Gasteiger partial charge in [0.25, 0.3) is 0 Å². The van der Waals surface area contributed by atoms with E-state index in [2.05, 4.69) is 9.89 Å². The molecule has 0 amide bonds. The van der Waals surface area contributed by atoms with Crippen LogP contribution in [0.3, 0.4) is 0 Å². The zero-order valence-corrected chi connectivity index (χ0v) is 10.4. The van der Waals surface area contributed by atoms with Gasteiger partial charge in [0.1, 0.15) is 0 Å². The smallest absolute Gasteiger partial charge is 0.428 e. The highest BCUT2D eigenvalue weighted by molar-refractivity contribution is 6.33. The van der Waals surface area contributed by atoms with Crippen LogP contribution in [0.2, 0.25) is 5.02 Å². The Bertz CT molecular complexity index is 652. The molecule has 2 rings (SSSR count). The van der Waals surface area contributed by atoms with E-state index >= 15 is 0 Å². The summed E-state index contributed by atoms with van der Waals surface area (Å²) in [5.74, 6) is -1.71. The van der Waals surface area contributed by atoms with Gasteiger partial charge in [0.15, 0.2) is 5.16 Å². The quantitative estimate of drug-likeness (QED) is 0.488. The highest BCUT2D eigenvalue weighted by atomic mass is 35.5. The largest absolute Gasteiger partial charge is 0.465 e. The third kappa shape index (κ3) is 2.27. The lowest BCUT2D eigenvalue weighted by molar-refractivity contribution is -0.391. The number of halogens is 1. The van der Waals surface area contributed by atoms with Crippen LogP contribution < -0.4 is 0 Å². The third-order valence-corrected chi connectivity index (χ3v) is 2.68. The standard InChI is InChI=1S/C11H7ClN2O5/c1-18-11(15)8-9(19-13-10(8)14(16)17)6-4-2-3-5-7(6)12/h2-5H,1H3. The molecule has 0 bridgehead atoms. The van der Waals surface area contributed by atoms with Crippen LogP contribution in [0.1, 0.15) is 10.4 Å². The molecular weight excluding hydrogens is 276 g/mol. The van der Waals surface area contributed by atoms with Gasteiger partial charge in [-0.05, 0) is 17.1 Å². The average Bonchev–Trinajstić information content (AvgIpc) is 2.83. The van der Waals surface area contributed by atoms with E-state index in [-0.39, 0.29) is 16.3 Å². The first-order valence-electron chi connectivity index (χ1n) is 5.03. The molecule has 98 valence electrons. The molecule has 0 N–H and O–H groups in total. The Morgan fingerprint density at radius 3 is 2.74 bits per heavy atom. The van der Waals surface area contributed by atoms with Crippen LogP contribution in [0, 0.1) is 10.1 Å². The van der Waals surface area contributed by atoms with E-state index in [1.54, 1.807) is 24.3 Å². The number of aromatic nitrogens is 1. The second-order valence-corrected chi connectivity index (χ2v) is 3.85. The van der Waals surface area contributed by atoms with E-state index in [0.717, 1.165) is 7.11 Å². The number of methoxy groups -OCH3 is 1. The Kier molecular flexibility index (Phi) is 3.48. The van der Waals surface area contributed by atoms with Gasteiger partial charge >= 0.3 is 11.8 Å². The van der Waals surface area contributed by atoms with Crippen LogP contribution in [-0.2, 0) is 4.74 Å². The highest BCUT2D eigenvalue weighted by Gasteiger charge is 2.34. The number of esters is 1. The molecule has 0 saturated carbocycles. The van der Waals surface area contributed by atoms with E-state index in [0.29, 0.717) is 5.56 Å². The summed E-state index contributed by atoms with van der Waals surface area (Å²) >= 11 is 5.96. The third-order valence-electron chi connectivity index (χ3n) is 2.36. The maximum atomic E-state index is 11.6. The number of benzene rings is 1. The van der Waals surface area contributed by atoms with E-state index in [1.807, 2.05) is 0 Å². The Balaban J connectivity index is 2.68. The molecule has 0 radical (unpaired) electrons. The van der Waals surface area contributed by atoms with Gasteiger partial charge < -0.3 is 14.9 Å². The second-order valence-electron chi connectivity index (χ2n) is 3.44. The number of carbonyl (C=O) groups excluding carboxylic acids is 1. The number of hydrogen-bond donors (Lipinski definition) is 0. The number of ether oxygens (including phenoxy) is 1. The van der Waals surface area contributed by atoms with Gasteiger partial charge in [-0.25, -0.2) is 4.79 Å². The van der Waals surface area contributed by atoms with Gasteiger partial charge in [0, 0.05) is 5.56 Å². The summed E-state index contributed by atoms with van der Waals surface area (Å²) in [6, 6.07) is 6.44. The predicted octanol–water partition coefficient (Wildman–Crippen LogP) is 2.69. The molecule has 0 aliphatic rings. The van der Waals surface area contributed by atoms with Gasteiger partial charge in [-0.15, -0.1) is 0 Å². The van der Waals surface area contributed by atoms with E-state index < -0.39 is 16.7 Å². The minimum Gasteiger partial charge on any atom is -0.465 e. The molecule has 1 heterocycles. The van der Waals surface area contributed by atoms with Crippen LogP contribution in [0.5, 0.6) is 0 Å². The molecule has 0 spiro atoms. The molecule has 0 unspecified atom stereocenters. The molecule has 1 aromatic carbocycles. The Morgan fingerprint density at radius 1 is 1.47 bits per heavy atom. The van der Waals surface area contributed by atoms with Crippen molar-refractivity contribution >= 4 is 23.4 Å². The fourth-order valence-electron chi connectivity index (χ4n) is 1.52. The lowest BCUT2D eigenvalue weighted by Crippen LogP contribution is -2.05. The minimum absolute atomic E-state index is 0.0934. The lowest BCUT2D eigenvalue weighted by Gasteiger charge is -2.00. The van der Waals surface area contributed by atoms with Crippen LogP contribution in [0.25, 0.3) is 11.3 Å². The van der Waals surface area contributed by atoms with Gasteiger partial charge in [-0.1, -0.05) is 23.7 Å². The molecule has 0 atom stereocenters. The second kappa shape index (κ2) is 5.07. The normalized spacial score (nSPS) is 10.2. The topological polar surface area (TPSA) is 95.5 Å². The van der Waals surface area contributed by atoms with Crippen molar-refractivity contribution in [1.82, 2.24) is 5.16 Å². The van der Waals surface area contributed by atoms with E-state index in [4.69, 9.17) is 16.1 Å². The Labute approximate surface area is 111 Å². The SMILES string of the molecule is COC(=O)c1c([N+](=O)[O-])noc1-c1ccccc1Cl. The summed E-state index contributed by atoms with van der Waals surface area (Å²) in [7, 11) is 1.11. The Hall–Kier alpha value is -2.41. The van der Waals surface area contributed by atoms with Gasteiger partial charge in [0.2, 0.25) is 11.3 Å². The fraction of sp³-hybridized carbons (Fsp3) is 0.0909. The molecule has 7 nitrogen and oxygen atoms in total. The number of hydrogen-bond acceptors (Lipinski definition) is 6. The average molecular weight is 283 g/mol.